The van der Waals surface area contributed by atoms with Crippen molar-refractivity contribution in [2.75, 3.05) is 13.2 Å². The molecule has 0 aliphatic carbocycles. The first-order valence-corrected chi connectivity index (χ1v) is 10.1. The van der Waals surface area contributed by atoms with E-state index in [9.17, 15) is 4.79 Å². The van der Waals surface area contributed by atoms with E-state index in [0.717, 1.165) is 6.42 Å². The lowest BCUT2D eigenvalue weighted by atomic mass is 10.0. The Labute approximate surface area is 151 Å². The highest BCUT2D eigenvalue weighted by molar-refractivity contribution is 5.73. The van der Waals surface area contributed by atoms with E-state index in [4.69, 9.17) is 15.9 Å². The lowest BCUT2D eigenvalue weighted by molar-refractivity contribution is -0.118. The summed E-state index contributed by atoms with van der Waals surface area (Å²) in [7, 11) is 0. The fourth-order valence-corrected chi connectivity index (χ4v) is 2.32. The van der Waals surface area contributed by atoms with E-state index < -0.39 is 0 Å². The average Bonchev–Trinajstić information content (AvgIpc) is 2.53. The lowest BCUT2D eigenvalue weighted by Gasteiger charge is -2.02. The minimum absolute atomic E-state index is 0.155. The maximum Gasteiger partial charge on any atom is 0.217 e. The molecule has 0 atom stereocenters. The monoisotopic (exact) mass is 347 g/mol. The number of unbranched alkanes of at least 4 members (excludes halogenated alkanes) is 12. The largest absolute Gasteiger partial charge is 0.397 e. The molecule has 0 aliphatic heterocycles. The van der Waals surface area contributed by atoms with Crippen LogP contribution in [-0.4, -0.2) is 29.3 Å². The summed E-state index contributed by atoms with van der Waals surface area (Å²) in [6.07, 6.45) is 17.9. The molecule has 0 saturated carbocycles. The summed E-state index contributed by atoms with van der Waals surface area (Å²) in [6, 6.07) is 0. The SMILES string of the molecule is CCCCCCCCCCCCCCCC(N)=O.CCO.CCO. The molecule has 0 rings (SSSR count). The smallest absolute Gasteiger partial charge is 0.217 e. The Kier molecular flexibility index (Phi) is 35.6. The van der Waals surface area contributed by atoms with Crippen molar-refractivity contribution in [1.82, 2.24) is 0 Å². The number of primary amides is 1. The Hall–Kier alpha value is -0.610. The third kappa shape index (κ3) is 42.9. The van der Waals surface area contributed by atoms with Crippen LogP contribution in [0.15, 0.2) is 0 Å². The third-order valence-corrected chi connectivity index (χ3v) is 3.53. The van der Waals surface area contributed by atoms with E-state index >= 15 is 0 Å². The van der Waals surface area contributed by atoms with Crippen molar-refractivity contribution in [3.8, 4) is 0 Å². The standard InChI is InChI=1S/C16H33NO.2C2H6O/c1-2-3-4-5-6-7-8-9-10-11-12-13-14-15-16(17)18;2*1-2-3/h2-15H2,1H3,(H2,17,18);2*3H,2H2,1H3. The van der Waals surface area contributed by atoms with Gasteiger partial charge in [0.1, 0.15) is 0 Å². The summed E-state index contributed by atoms with van der Waals surface area (Å²) in [5.41, 5.74) is 5.09. The van der Waals surface area contributed by atoms with Gasteiger partial charge in [0.05, 0.1) is 0 Å². The molecule has 0 aromatic rings. The minimum Gasteiger partial charge on any atom is -0.397 e. The fraction of sp³-hybridized carbons (Fsp3) is 0.950. The predicted octanol–water partition coefficient (Wildman–Crippen LogP) is 4.95. The molecule has 0 unspecified atom stereocenters. The molecule has 0 radical (unpaired) electrons. The second kappa shape index (κ2) is 30.3. The molecule has 1 amide bonds. The molecule has 4 nitrogen and oxygen atoms in total. The van der Waals surface area contributed by atoms with Gasteiger partial charge in [-0.15, -0.1) is 0 Å². The Morgan fingerprint density at radius 2 is 0.875 bits per heavy atom. The maximum absolute atomic E-state index is 10.5. The van der Waals surface area contributed by atoms with Crippen LogP contribution < -0.4 is 5.73 Å². The van der Waals surface area contributed by atoms with Crippen LogP contribution in [0.3, 0.4) is 0 Å². The van der Waals surface area contributed by atoms with Crippen molar-refractivity contribution >= 4 is 5.91 Å². The summed E-state index contributed by atoms with van der Waals surface area (Å²) in [6.45, 7) is 6.13. The molecule has 0 spiro atoms. The number of aliphatic hydroxyl groups excluding tert-OH is 2. The lowest BCUT2D eigenvalue weighted by Crippen LogP contribution is -2.09. The van der Waals surface area contributed by atoms with Crippen LogP contribution in [0.25, 0.3) is 0 Å². The number of nitrogens with two attached hydrogens (primary N) is 1. The van der Waals surface area contributed by atoms with Crippen molar-refractivity contribution in [3.63, 3.8) is 0 Å². The van der Waals surface area contributed by atoms with E-state index in [2.05, 4.69) is 6.92 Å². The summed E-state index contributed by atoms with van der Waals surface area (Å²) >= 11 is 0. The summed E-state index contributed by atoms with van der Waals surface area (Å²) in [5, 5.41) is 15.1. The highest BCUT2D eigenvalue weighted by atomic mass is 16.3. The topological polar surface area (TPSA) is 83.6 Å². The molecule has 0 bridgehead atoms. The maximum atomic E-state index is 10.5. The number of carbonyl (C=O) groups is 1. The van der Waals surface area contributed by atoms with Crippen molar-refractivity contribution in [2.24, 2.45) is 5.73 Å². The first kappa shape index (κ1) is 28.2. The van der Waals surface area contributed by atoms with E-state index in [1.807, 2.05) is 0 Å². The summed E-state index contributed by atoms with van der Waals surface area (Å²) in [5.74, 6) is -0.155. The van der Waals surface area contributed by atoms with E-state index in [0.29, 0.717) is 6.42 Å². The van der Waals surface area contributed by atoms with Crippen LogP contribution in [0, 0.1) is 0 Å². The van der Waals surface area contributed by atoms with Gasteiger partial charge in [-0.3, -0.25) is 4.79 Å². The predicted molar refractivity (Wildman–Crippen MR) is 105 cm³/mol. The Bertz CT molecular complexity index is 209. The molecule has 0 aromatic carbocycles. The highest BCUT2D eigenvalue weighted by Gasteiger charge is 1.95. The zero-order chi connectivity index (χ0) is 18.9. The fourth-order valence-electron chi connectivity index (χ4n) is 2.32. The van der Waals surface area contributed by atoms with Gasteiger partial charge in [-0.1, -0.05) is 84.0 Å². The number of carbonyl (C=O) groups excluding carboxylic acids is 1. The third-order valence-electron chi connectivity index (χ3n) is 3.53. The summed E-state index contributed by atoms with van der Waals surface area (Å²) in [4.78, 5) is 10.5. The van der Waals surface area contributed by atoms with E-state index in [1.165, 1.54) is 77.0 Å². The molecule has 148 valence electrons. The molecular formula is C20H45NO3. The molecule has 0 aromatic heterocycles. The first-order valence-electron chi connectivity index (χ1n) is 10.1. The number of amides is 1. The van der Waals surface area contributed by atoms with E-state index in [1.54, 1.807) is 13.8 Å². The van der Waals surface area contributed by atoms with Gasteiger partial charge in [0.15, 0.2) is 0 Å². The van der Waals surface area contributed by atoms with Gasteiger partial charge in [0.2, 0.25) is 5.91 Å². The number of hydrogen-bond donors (Lipinski definition) is 3. The van der Waals surface area contributed by atoms with Crippen molar-refractivity contribution in [1.29, 1.82) is 0 Å². The zero-order valence-corrected chi connectivity index (χ0v) is 16.7. The van der Waals surface area contributed by atoms with Gasteiger partial charge < -0.3 is 15.9 Å². The Morgan fingerprint density at radius 1 is 0.625 bits per heavy atom. The molecule has 4 N–H and O–H groups in total. The average molecular weight is 348 g/mol. The van der Waals surface area contributed by atoms with Gasteiger partial charge in [-0.2, -0.15) is 0 Å². The van der Waals surface area contributed by atoms with Gasteiger partial charge in [0, 0.05) is 19.6 Å². The molecule has 0 saturated heterocycles. The van der Waals surface area contributed by atoms with Crippen LogP contribution in [0.2, 0.25) is 0 Å². The van der Waals surface area contributed by atoms with Gasteiger partial charge >= 0.3 is 0 Å². The summed E-state index contributed by atoms with van der Waals surface area (Å²) < 4.78 is 0. The minimum atomic E-state index is -0.155. The quantitative estimate of drug-likeness (QED) is 0.389. The highest BCUT2D eigenvalue weighted by Crippen LogP contribution is 2.12. The molecule has 0 heterocycles. The first-order chi connectivity index (χ1) is 11.6. The molecule has 24 heavy (non-hydrogen) atoms. The van der Waals surface area contributed by atoms with Crippen LogP contribution in [0.5, 0.6) is 0 Å². The van der Waals surface area contributed by atoms with Gasteiger partial charge in [-0.05, 0) is 20.3 Å². The van der Waals surface area contributed by atoms with Gasteiger partial charge in [0.25, 0.3) is 0 Å². The normalized spacial score (nSPS) is 9.54. The molecule has 4 heteroatoms. The van der Waals surface area contributed by atoms with Crippen molar-refractivity contribution in [3.05, 3.63) is 0 Å². The number of hydrogen-bond acceptors (Lipinski definition) is 3. The Balaban J connectivity index is -0.000000635. The van der Waals surface area contributed by atoms with E-state index in [-0.39, 0.29) is 19.1 Å². The second-order valence-corrected chi connectivity index (χ2v) is 6.09. The molecular weight excluding hydrogens is 302 g/mol. The van der Waals surface area contributed by atoms with Crippen LogP contribution in [-0.2, 0) is 4.79 Å². The van der Waals surface area contributed by atoms with Crippen molar-refractivity contribution in [2.45, 2.75) is 111 Å². The molecule has 0 aliphatic rings. The Morgan fingerprint density at radius 3 is 1.12 bits per heavy atom. The number of rotatable bonds is 14. The zero-order valence-electron chi connectivity index (χ0n) is 16.7. The number of aliphatic hydroxyl groups is 2. The van der Waals surface area contributed by atoms with Crippen LogP contribution in [0.1, 0.15) is 111 Å². The van der Waals surface area contributed by atoms with Crippen LogP contribution in [0.4, 0.5) is 0 Å². The van der Waals surface area contributed by atoms with Crippen molar-refractivity contribution < 1.29 is 15.0 Å². The van der Waals surface area contributed by atoms with Gasteiger partial charge in [-0.25, -0.2) is 0 Å². The second-order valence-electron chi connectivity index (χ2n) is 6.09. The van der Waals surface area contributed by atoms with Crippen LogP contribution >= 0.6 is 0 Å². The molecule has 0 fully saturated rings.